The van der Waals surface area contributed by atoms with Crippen LogP contribution in [0.2, 0.25) is 0 Å². The third-order valence-electron chi connectivity index (χ3n) is 13.8. The average molecular weight is 921 g/mol. The van der Waals surface area contributed by atoms with E-state index in [9.17, 15) is 0 Å². The SMILES string of the molecule is C1=CC(Nc2cccc(-c3cccc(N(c4ccc(-c5cccc(-c6ccccc6)c5)cc4)c4ccc(-c5cc(-c6ccccc6)cc(-c6ccccc6)c5)cc4)c3)c2-c2ccc3ccccc3c2)=CCC1. The van der Waals surface area contributed by atoms with Gasteiger partial charge in [-0.3, -0.25) is 0 Å². The molecule has 0 unspecified atom stereocenters. The van der Waals surface area contributed by atoms with E-state index in [0.29, 0.717) is 0 Å². The number of rotatable bonds is 12. The van der Waals surface area contributed by atoms with E-state index in [2.05, 4.69) is 295 Å². The van der Waals surface area contributed by atoms with Crippen LogP contribution in [0.25, 0.3) is 88.7 Å². The minimum atomic E-state index is 1.03. The van der Waals surface area contributed by atoms with E-state index >= 15 is 0 Å². The van der Waals surface area contributed by atoms with Gasteiger partial charge in [0.1, 0.15) is 0 Å². The van der Waals surface area contributed by atoms with Crippen LogP contribution in [0.15, 0.2) is 291 Å². The molecule has 2 nitrogen and oxygen atoms in total. The molecule has 0 aliphatic heterocycles. The van der Waals surface area contributed by atoms with Crippen LogP contribution in [0.1, 0.15) is 12.8 Å². The van der Waals surface area contributed by atoms with Crippen molar-refractivity contribution in [3.63, 3.8) is 0 Å². The molecule has 0 fully saturated rings. The Morgan fingerprint density at radius 2 is 0.764 bits per heavy atom. The summed E-state index contributed by atoms with van der Waals surface area (Å²) in [5.41, 5.74) is 21.9. The monoisotopic (exact) mass is 920 g/mol. The first kappa shape index (κ1) is 44.0. The molecule has 342 valence electrons. The van der Waals surface area contributed by atoms with Gasteiger partial charge in [0.2, 0.25) is 0 Å². The molecule has 2 heteroatoms. The van der Waals surface area contributed by atoms with E-state index in [1.165, 1.54) is 72.0 Å². The molecule has 12 rings (SSSR count). The lowest BCUT2D eigenvalue weighted by molar-refractivity contribution is 1.02. The molecule has 1 N–H and O–H groups in total. The third-order valence-corrected chi connectivity index (χ3v) is 13.8. The van der Waals surface area contributed by atoms with E-state index in [-0.39, 0.29) is 0 Å². The molecule has 72 heavy (non-hydrogen) atoms. The van der Waals surface area contributed by atoms with Crippen molar-refractivity contribution in [1.29, 1.82) is 0 Å². The van der Waals surface area contributed by atoms with E-state index < -0.39 is 0 Å². The van der Waals surface area contributed by atoms with Crippen LogP contribution in [0.5, 0.6) is 0 Å². The summed E-state index contributed by atoms with van der Waals surface area (Å²) < 4.78 is 0. The Morgan fingerprint density at radius 1 is 0.292 bits per heavy atom. The molecule has 0 saturated carbocycles. The Balaban J connectivity index is 0.973. The molecule has 0 bridgehead atoms. The molecule has 0 amide bonds. The van der Waals surface area contributed by atoms with Crippen molar-refractivity contribution in [3.05, 3.63) is 291 Å². The zero-order valence-corrected chi connectivity index (χ0v) is 40.0. The number of hydrogen-bond donors (Lipinski definition) is 1. The molecule has 1 aliphatic rings. The molecular formula is C70H52N2. The highest BCUT2D eigenvalue weighted by atomic mass is 15.1. The van der Waals surface area contributed by atoms with Gasteiger partial charge in [0.05, 0.1) is 0 Å². The van der Waals surface area contributed by atoms with Crippen LogP contribution in [-0.2, 0) is 0 Å². The Kier molecular flexibility index (Phi) is 12.2. The highest BCUT2D eigenvalue weighted by molar-refractivity contribution is 5.97. The van der Waals surface area contributed by atoms with Crippen LogP contribution < -0.4 is 10.2 Å². The first-order valence-electron chi connectivity index (χ1n) is 25.0. The number of nitrogens with one attached hydrogen (secondary N) is 1. The summed E-state index contributed by atoms with van der Waals surface area (Å²) >= 11 is 0. The maximum atomic E-state index is 3.83. The smallest absolute Gasteiger partial charge is 0.0470 e. The van der Waals surface area contributed by atoms with Gasteiger partial charge in [-0.15, -0.1) is 0 Å². The van der Waals surface area contributed by atoms with Crippen LogP contribution in [0.4, 0.5) is 22.7 Å². The van der Waals surface area contributed by atoms with Gasteiger partial charge in [0.15, 0.2) is 0 Å². The van der Waals surface area contributed by atoms with Gasteiger partial charge in [0.25, 0.3) is 0 Å². The maximum Gasteiger partial charge on any atom is 0.0470 e. The van der Waals surface area contributed by atoms with Gasteiger partial charge >= 0.3 is 0 Å². The normalized spacial score (nSPS) is 12.1. The van der Waals surface area contributed by atoms with E-state index in [4.69, 9.17) is 0 Å². The molecule has 0 saturated heterocycles. The van der Waals surface area contributed by atoms with Crippen molar-refractivity contribution >= 4 is 33.5 Å². The number of nitrogens with zero attached hydrogens (tertiary/aromatic N) is 1. The van der Waals surface area contributed by atoms with Crippen LogP contribution in [0.3, 0.4) is 0 Å². The number of allylic oxidation sites excluding steroid dienone is 3. The maximum absolute atomic E-state index is 3.83. The largest absolute Gasteiger partial charge is 0.355 e. The number of fused-ring (bicyclic) bond motifs is 1. The lowest BCUT2D eigenvalue weighted by Crippen LogP contribution is -2.10. The molecule has 0 spiro atoms. The summed E-state index contributed by atoms with van der Waals surface area (Å²) in [7, 11) is 0. The Bertz CT molecular complexity index is 3680. The second-order valence-corrected chi connectivity index (χ2v) is 18.5. The molecular weight excluding hydrogens is 869 g/mol. The molecule has 11 aromatic rings. The zero-order valence-electron chi connectivity index (χ0n) is 40.0. The van der Waals surface area contributed by atoms with Crippen molar-refractivity contribution < 1.29 is 0 Å². The minimum absolute atomic E-state index is 1.03. The van der Waals surface area contributed by atoms with Gasteiger partial charge in [-0.1, -0.05) is 206 Å². The van der Waals surface area contributed by atoms with Gasteiger partial charge in [-0.2, -0.15) is 0 Å². The predicted octanol–water partition coefficient (Wildman–Crippen LogP) is 19.6. The van der Waals surface area contributed by atoms with Gasteiger partial charge in [-0.05, 0) is 175 Å². The van der Waals surface area contributed by atoms with Crippen molar-refractivity contribution in [2.24, 2.45) is 0 Å². The molecule has 1 aliphatic carbocycles. The van der Waals surface area contributed by atoms with Crippen molar-refractivity contribution in [2.75, 3.05) is 10.2 Å². The number of benzene rings is 11. The fourth-order valence-corrected chi connectivity index (χ4v) is 10.2. The number of hydrogen-bond acceptors (Lipinski definition) is 2. The zero-order chi connectivity index (χ0) is 48.1. The fourth-order valence-electron chi connectivity index (χ4n) is 10.2. The topological polar surface area (TPSA) is 15.3 Å². The van der Waals surface area contributed by atoms with Crippen LogP contribution >= 0.6 is 0 Å². The summed E-state index contributed by atoms with van der Waals surface area (Å²) in [6.07, 6.45) is 8.85. The molecule has 0 heterocycles. The molecule has 11 aromatic carbocycles. The van der Waals surface area contributed by atoms with Crippen molar-refractivity contribution in [1.82, 2.24) is 0 Å². The van der Waals surface area contributed by atoms with Gasteiger partial charge < -0.3 is 10.2 Å². The van der Waals surface area contributed by atoms with Crippen molar-refractivity contribution in [2.45, 2.75) is 12.8 Å². The second-order valence-electron chi connectivity index (χ2n) is 18.5. The molecule has 0 radical (unpaired) electrons. The van der Waals surface area contributed by atoms with Gasteiger partial charge in [-0.25, -0.2) is 0 Å². The second kappa shape index (κ2) is 20.0. The summed E-state index contributed by atoms with van der Waals surface area (Å²) in [4.78, 5) is 2.39. The van der Waals surface area contributed by atoms with Crippen LogP contribution in [0, 0.1) is 0 Å². The predicted molar refractivity (Wildman–Crippen MR) is 307 cm³/mol. The van der Waals surface area contributed by atoms with E-state index in [1.807, 2.05) is 0 Å². The minimum Gasteiger partial charge on any atom is -0.355 e. The summed E-state index contributed by atoms with van der Waals surface area (Å²) in [5.74, 6) is 0. The van der Waals surface area contributed by atoms with E-state index in [1.54, 1.807) is 0 Å². The Labute approximate surface area is 423 Å². The first-order chi connectivity index (χ1) is 35.7. The van der Waals surface area contributed by atoms with Crippen LogP contribution in [-0.4, -0.2) is 0 Å². The number of anilines is 4. The van der Waals surface area contributed by atoms with E-state index in [0.717, 1.165) is 58.0 Å². The quantitative estimate of drug-likeness (QED) is 0.131. The fraction of sp³-hybridized carbons (Fsp3) is 0.0286. The Morgan fingerprint density at radius 3 is 1.36 bits per heavy atom. The highest BCUT2D eigenvalue weighted by Crippen LogP contribution is 2.44. The molecule has 0 aromatic heterocycles. The lowest BCUT2D eigenvalue weighted by Gasteiger charge is -2.27. The average Bonchev–Trinajstić information content (AvgIpc) is 3.46. The van der Waals surface area contributed by atoms with Crippen molar-refractivity contribution in [3.8, 4) is 77.9 Å². The summed E-state index contributed by atoms with van der Waals surface area (Å²) in [5, 5.41) is 6.28. The highest BCUT2D eigenvalue weighted by Gasteiger charge is 2.19. The first-order valence-corrected chi connectivity index (χ1v) is 25.0. The Hall–Kier alpha value is -9.24. The summed E-state index contributed by atoms with van der Waals surface area (Å²) in [6.45, 7) is 0. The lowest BCUT2D eigenvalue weighted by atomic mass is 9.91. The standard InChI is InChI=1S/C70H52N2/c1-5-18-50(19-6-1)57-26-15-27-58(44-57)54-36-40-65(41-37-54)72(66-42-38-55(39-43-66)63-47-61(51-20-7-2-8-21-51)46-62(48-63)52-22-9-3-10-23-52)67-31-16-28-59(49-67)68-32-17-33-69(71-64-29-11-4-12-30-64)70(68)60-35-34-53-24-13-14-25-56(53)45-60/h1-3,5-11,13-49,71H,4,12H2. The third kappa shape index (κ3) is 9.30. The van der Waals surface area contributed by atoms with Gasteiger partial charge in [0, 0.05) is 34.0 Å². The summed E-state index contributed by atoms with van der Waals surface area (Å²) in [6, 6.07) is 97.1. The molecule has 0 atom stereocenters.